The second-order valence-corrected chi connectivity index (χ2v) is 10.6. The zero-order valence-electron chi connectivity index (χ0n) is 22.2. The number of rotatable bonds is 9. The number of ether oxygens (including phenoxy) is 1. The number of nitrogens with one attached hydrogen (secondary N) is 4. The second-order valence-electron chi connectivity index (χ2n) is 8.82. The minimum absolute atomic E-state index is 0.0699. The molecule has 16 heteroatoms. The molecule has 0 bridgehead atoms. The van der Waals surface area contributed by atoms with E-state index in [1.54, 1.807) is 42.6 Å². The van der Waals surface area contributed by atoms with E-state index >= 15 is 0 Å². The van der Waals surface area contributed by atoms with E-state index in [-0.39, 0.29) is 15.7 Å². The van der Waals surface area contributed by atoms with E-state index in [1.165, 1.54) is 48.0 Å². The van der Waals surface area contributed by atoms with Gasteiger partial charge in [-0.05, 0) is 42.0 Å². The van der Waals surface area contributed by atoms with Crippen LogP contribution in [0.4, 0.5) is 20.6 Å². The number of hydrazone groups is 1. The Morgan fingerprint density at radius 1 is 1.19 bits per heavy atom. The van der Waals surface area contributed by atoms with Crippen molar-refractivity contribution >= 4 is 70.3 Å². The smallest absolute Gasteiger partial charge is 0.411 e. The van der Waals surface area contributed by atoms with E-state index in [9.17, 15) is 14.0 Å². The number of hydrazine groups is 2. The monoisotopic (exact) mass is 641 g/mol. The Bertz CT molecular complexity index is 1690. The molecule has 1 atom stereocenters. The summed E-state index contributed by atoms with van der Waals surface area (Å²) in [7, 11) is 1.27. The number of aromatic nitrogens is 3. The molecule has 0 aliphatic carbocycles. The number of halogens is 3. The molecule has 220 valence electrons. The zero-order valence-corrected chi connectivity index (χ0v) is 24.5. The van der Waals surface area contributed by atoms with Crippen molar-refractivity contribution < 1.29 is 18.7 Å². The Kier molecular flexibility index (Phi) is 9.41. The normalized spacial score (nSPS) is 13.2. The van der Waals surface area contributed by atoms with E-state index in [4.69, 9.17) is 23.2 Å². The topological polar surface area (TPSA) is 146 Å². The fraction of sp³-hybridized carbons (Fsp3) is 0.111. The number of carbonyl (C=O) groups excluding carboxylic acids is 2. The van der Waals surface area contributed by atoms with Crippen LogP contribution in [0.1, 0.15) is 22.3 Å². The van der Waals surface area contributed by atoms with Crippen LogP contribution in [0.2, 0.25) is 10.2 Å². The van der Waals surface area contributed by atoms with E-state index in [0.29, 0.717) is 34.6 Å². The van der Waals surface area contributed by atoms with Crippen LogP contribution in [0.25, 0.3) is 17.2 Å². The summed E-state index contributed by atoms with van der Waals surface area (Å²) in [6, 6.07) is 10.9. The predicted octanol–water partition coefficient (Wildman–Crippen LogP) is 5.11. The summed E-state index contributed by atoms with van der Waals surface area (Å²) in [4.78, 5) is 29.0. The molecule has 12 nitrogen and oxygen atoms in total. The average molecular weight is 643 g/mol. The Morgan fingerprint density at radius 2 is 2.00 bits per heavy atom. The molecule has 2 aromatic carbocycles. The first kappa shape index (κ1) is 29.8. The summed E-state index contributed by atoms with van der Waals surface area (Å²) < 4.78 is 19.6. The van der Waals surface area contributed by atoms with Crippen LogP contribution in [0, 0.1) is 5.82 Å². The lowest BCUT2D eigenvalue weighted by Crippen LogP contribution is -2.37. The van der Waals surface area contributed by atoms with Gasteiger partial charge in [0.2, 0.25) is 5.91 Å². The summed E-state index contributed by atoms with van der Waals surface area (Å²) >= 11 is 13.8. The van der Waals surface area contributed by atoms with Crippen LogP contribution in [0.3, 0.4) is 0 Å². The van der Waals surface area contributed by atoms with Crippen LogP contribution < -0.4 is 26.7 Å². The minimum Gasteiger partial charge on any atom is -0.453 e. The summed E-state index contributed by atoms with van der Waals surface area (Å²) in [5.74, 6) is -1.23. The molecule has 1 aliphatic rings. The van der Waals surface area contributed by atoms with Crippen LogP contribution in [-0.4, -0.2) is 40.6 Å². The van der Waals surface area contributed by atoms with Gasteiger partial charge in [0.15, 0.2) is 11.0 Å². The standard InChI is InChI=1S/C27H22Cl2FN9O3S/c1-42-27(41)33-16-4-2-15(3-5-16)18-12-21(35-36-26(18)29)20(13-24-31-10-11-43-24)34-23(40)9-6-17-22(39-14-32-37-38-39)8-7-19(28)25(17)30/h2-12,14,20,37-38H,13H2,1H3,(H,33,41)(H,34,40)/b9-6+/t20-/m0/s1. The third-order valence-electron chi connectivity index (χ3n) is 6.11. The molecular formula is C27H22Cl2FN9O3S. The summed E-state index contributed by atoms with van der Waals surface area (Å²) in [5.41, 5.74) is 7.91. The predicted molar refractivity (Wildman–Crippen MR) is 163 cm³/mol. The van der Waals surface area contributed by atoms with Gasteiger partial charge >= 0.3 is 6.09 Å². The Labute approximate surface area is 258 Å². The number of anilines is 2. The maximum Gasteiger partial charge on any atom is 0.411 e. The third-order valence-corrected chi connectivity index (χ3v) is 7.48. The molecule has 0 unspecified atom stereocenters. The van der Waals surface area contributed by atoms with Crippen molar-refractivity contribution in [3.63, 3.8) is 0 Å². The molecule has 2 aromatic heterocycles. The van der Waals surface area contributed by atoms with E-state index in [2.05, 4.69) is 46.7 Å². The molecule has 3 heterocycles. The van der Waals surface area contributed by atoms with Gasteiger partial charge in [0.05, 0.1) is 34.6 Å². The van der Waals surface area contributed by atoms with Crippen LogP contribution in [0.5, 0.6) is 0 Å². The van der Waals surface area contributed by atoms with E-state index < -0.39 is 23.9 Å². The summed E-state index contributed by atoms with van der Waals surface area (Å²) in [6.07, 6.45) is 5.31. The van der Waals surface area contributed by atoms with Gasteiger partial charge in [0, 0.05) is 40.9 Å². The number of amides is 2. The molecular weight excluding hydrogens is 620 g/mol. The number of hydrogen-bond donors (Lipinski definition) is 4. The summed E-state index contributed by atoms with van der Waals surface area (Å²) in [6.45, 7) is 0. The molecule has 0 spiro atoms. The van der Waals surface area contributed by atoms with Crippen molar-refractivity contribution in [3.8, 4) is 11.1 Å². The fourth-order valence-electron chi connectivity index (χ4n) is 4.05. The lowest BCUT2D eigenvalue weighted by atomic mass is 10.0. The highest BCUT2D eigenvalue weighted by Crippen LogP contribution is 2.31. The number of carbonyl (C=O) groups is 2. The van der Waals surface area contributed by atoms with Crippen molar-refractivity contribution in [2.24, 2.45) is 5.10 Å². The van der Waals surface area contributed by atoms with Crippen LogP contribution in [-0.2, 0) is 16.0 Å². The molecule has 0 saturated carbocycles. The number of hydrogen-bond acceptors (Lipinski definition) is 11. The Balaban J connectivity index is 1.41. The summed E-state index contributed by atoms with van der Waals surface area (Å²) in [5, 5.41) is 21.7. The quantitative estimate of drug-likeness (QED) is 0.183. The van der Waals surface area contributed by atoms with Crippen molar-refractivity contribution in [3.05, 3.63) is 92.4 Å². The highest BCUT2D eigenvalue weighted by Gasteiger charge is 2.21. The first-order valence-electron chi connectivity index (χ1n) is 12.5. The van der Waals surface area contributed by atoms with Crippen molar-refractivity contribution in [1.29, 1.82) is 0 Å². The number of benzene rings is 2. The maximum absolute atomic E-state index is 15.0. The molecule has 2 amide bonds. The number of thiazole rings is 1. The van der Waals surface area contributed by atoms with Gasteiger partial charge in [0.25, 0.3) is 0 Å². The number of methoxy groups -OCH3 is 1. The molecule has 5 rings (SSSR count). The van der Waals surface area contributed by atoms with Gasteiger partial charge in [-0.1, -0.05) is 35.3 Å². The molecule has 0 radical (unpaired) electrons. The van der Waals surface area contributed by atoms with Crippen LogP contribution >= 0.6 is 34.5 Å². The van der Waals surface area contributed by atoms with E-state index in [0.717, 1.165) is 5.01 Å². The first-order chi connectivity index (χ1) is 20.8. The van der Waals surface area contributed by atoms with Crippen LogP contribution in [0.15, 0.2) is 65.2 Å². The first-order valence-corrected chi connectivity index (χ1v) is 14.1. The van der Waals surface area contributed by atoms with Crippen molar-refractivity contribution in [2.45, 2.75) is 12.5 Å². The highest BCUT2D eigenvalue weighted by atomic mass is 35.5. The highest BCUT2D eigenvalue weighted by molar-refractivity contribution is 7.09. The minimum atomic E-state index is -0.703. The third kappa shape index (κ3) is 7.24. The van der Waals surface area contributed by atoms with Gasteiger partial charge in [0.1, 0.15) is 6.34 Å². The Hall–Kier alpha value is -4.63. The lowest BCUT2D eigenvalue weighted by molar-refractivity contribution is -0.117. The molecule has 0 fully saturated rings. The zero-order chi connectivity index (χ0) is 30.3. The fourth-order valence-corrected chi connectivity index (χ4v) is 5.08. The van der Waals surface area contributed by atoms with Crippen molar-refractivity contribution in [1.82, 2.24) is 31.6 Å². The Morgan fingerprint density at radius 3 is 2.70 bits per heavy atom. The maximum atomic E-state index is 15.0. The van der Waals surface area contributed by atoms with Gasteiger partial charge < -0.3 is 10.1 Å². The number of nitrogens with zero attached hydrogens (tertiary/aromatic N) is 5. The van der Waals surface area contributed by atoms with Gasteiger partial charge in [-0.25, -0.2) is 24.7 Å². The molecule has 0 saturated heterocycles. The van der Waals surface area contributed by atoms with Gasteiger partial charge in [-0.15, -0.1) is 22.0 Å². The van der Waals surface area contributed by atoms with Gasteiger partial charge in [-0.3, -0.25) is 10.1 Å². The van der Waals surface area contributed by atoms with Gasteiger partial charge in [-0.2, -0.15) is 10.2 Å². The second kappa shape index (κ2) is 13.6. The largest absolute Gasteiger partial charge is 0.453 e. The molecule has 4 aromatic rings. The van der Waals surface area contributed by atoms with E-state index in [1.807, 2.05) is 5.38 Å². The molecule has 43 heavy (non-hydrogen) atoms. The lowest BCUT2D eigenvalue weighted by Gasteiger charge is -2.18. The molecule has 1 aliphatic heterocycles. The van der Waals surface area contributed by atoms with Crippen molar-refractivity contribution in [2.75, 3.05) is 17.4 Å². The SMILES string of the molecule is COC(=O)Nc1ccc(-c2cc([C@H](Cc3nccs3)NC(=O)/C=C/c3c(N4C=NNN4)ccc(Cl)c3F)nnc2Cl)cc1. The average Bonchev–Trinajstić information content (AvgIpc) is 3.73. The molecule has 4 N–H and O–H groups in total.